The quantitative estimate of drug-likeness (QED) is 0.310. The number of ether oxygens (including phenoxy) is 2. The van der Waals surface area contributed by atoms with Gasteiger partial charge < -0.3 is 9.47 Å². The minimum atomic E-state index is -4.04. The Morgan fingerprint density at radius 2 is 1.74 bits per heavy atom. The van der Waals surface area contributed by atoms with Gasteiger partial charge in [0.25, 0.3) is 5.91 Å². The predicted molar refractivity (Wildman–Crippen MR) is 136 cm³/mol. The van der Waals surface area contributed by atoms with Gasteiger partial charge in [0.2, 0.25) is 10.0 Å². The number of carbonyl (C=O) groups excluding carboxylic acids is 1. The van der Waals surface area contributed by atoms with Gasteiger partial charge in [0.05, 0.1) is 31.9 Å². The van der Waals surface area contributed by atoms with Gasteiger partial charge in [-0.05, 0) is 41.8 Å². The van der Waals surface area contributed by atoms with Crippen LogP contribution >= 0.6 is 11.6 Å². The molecular formula is C25H26ClN3O5S. The van der Waals surface area contributed by atoms with Crippen LogP contribution < -0.4 is 14.9 Å². The van der Waals surface area contributed by atoms with Crippen molar-refractivity contribution in [2.45, 2.75) is 11.3 Å². The van der Waals surface area contributed by atoms with E-state index in [1.807, 2.05) is 30.3 Å². The summed E-state index contributed by atoms with van der Waals surface area (Å²) in [5.41, 5.74) is 4.02. The average molecular weight is 516 g/mol. The minimum Gasteiger partial charge on any atom is -0.493 e. The zero-order chi connectivity index (χ0) is 25.3. The maximum Gasteiger partial charge on any atom is 0.255 e. The molecule has 3 aromatic carbocycles. The van der Waals surface area contributed by atoms with E-state index in [2.05, 4.69) is 10.5 Å². The maximum atomic E-state index is 13.5. The molecule has 0 saturated carbocycles. The summed E-state index contributed by atoms with van der Waals surface area (Å²) < 4.78 is 38.5. The first-order valence-electron chi connectivity index (χ1n) is 10.7. The van der Waals surface area contributed by atoms with Gasteiger partial charge in [-0.25, -0.2) is 13.8 Å². The third-order valence-electron chi connectivity index (χ3n) is 5.06. The van der Waals surface area contributed by atoms with Crippen LogP contribution in [-0.2, 0) is 21.2 Å². The summed E-state index contributed by atoms with van der Waals surface area (Å²) in [6.07, 6.45) is 1.85. The number of methoxy groups -OCH3 is 2. The molecule has 0 aliphatic carbocycles. The number of hydrogen-bond donors (Lipinski definition) is 1. The van der Waals surface area contributed by atoms with Crippen LogP contribution in [0.5, 0.6) is 11.5 Å². The fourth-order valence-electron chi connectivity index (χ4n) is 3.27. The van der Waals surface area contributed by atoms with E-state index in [0.29, 0.717) is 22.8 Å². The summed E-state index contributed by atoms with van der Waals surface area (Å²) >= 11 is 5.95. The van der Waals surface area contributed by atoms with Crippen LogP contribution in [0.2, 0.25) is 5.02 Å². The van der Waals surface area contributed by atoms with E-state index in [9.17, 15) is 13.2 Å². The van der Waals surface area contributed by atoms with Crippen molar-refractivity contribution >= 4 is 33.7 Å². The number of hydrazone groups is 1. The van der Waals surface area contributed by atoms with E-state index >= 15 is 0 Å². The molecule has 0 aromatic heterocycles. The van der Waals surface area contributed by atoms with Crippen molar-refractivity contribution in [3.63, 3.8) is 0 Å². The second kappa shape index (κ2) is 12.3. The molecule has 8 nitrogen and oxygen atoms in total. The molecule has 184 valence electrons. The fourth-order valence-corrected chi connectivity index (χ4v) is 4.88. The van der Waals surface area contributed by atoms with Crippen molar-refractivity contribution in [1.82, 2.24) is 9.73 Å². The third-order valence-corrected chi connectivity index (χ3v) is 7.13. The Labute approximate surface area is 210 Å². The first kappa shape index (κ1) is 26.2. The third kappa shape index (κ3) is 7.29. The molecule has 0 heterocycles. The molecule has 3 aromatic rings. The topological polar surface area (TPSA) is 97.3 Å². The van der Waals surface area contributed by atoms with Gasteiger partial charge in [0.1, 0.15) is 0 Å². The lowest BCUT2D eigenvalue weighted by Gasteiger charge is -2.22. The number of rotatable bonds is 11. The highest BCUT2D eigenvalue weighted by molar-refractivity contribution is 7.89. The monoisotopic (exact) mass is 515 g/mol. The molecule has 0 fully saturated rings. The molecule has 0 atom stereocenters. The van der Waals surface area contributed by atoms with E-state index in [4.69, 9.17) is 21.1 Å². The number of amides is 1. The van der Waals surface area contributed by atoms with Gasteiger partial charge in [-0.15, -0.1) is 0 Å². The molecule has 35 heavy (non-hydrogen) atoms. The molecule has 3 rings (SSSR count). The summed E-state index contributed by atoms with van der Waals surface area (Å²) in [5.74, 6) is 0.0860. The zero-order valence-electron chi connectivity index (χ0n) is 19.3. The molecule has 0 unspecified atom stereocenters. The predicted octanol–water partition coefficient (Wildman–Crippen LogP) is 3.74. The Hall–Kier alpha value is -3.40. The van der Waals surface area contributed by atoms with E-state index in [-0.39, 0.29) is 17.2 Å². The normalized spacial score (nSPS) is 11.5. The highest BCUT2D eigenvalue weighted by Gasteiger charge is 2.27. The summed E-state index contributed by atoms with van der Waals surface area (Å²) in [6.45, 7) is -0.331. The van der Waals surface area contributed by atoms with Gasteiger partial charge >= 0.3 is 0 Å². The van der Waals surface area contributed by atoms with Gasteiger partial charge in [-0.2, -0.15) is 9.41 Å². The van der Waals surface area contributed by atoms with Crippen LogP contribution in [0, 0.1) is 0 Å². The number of halogens is 1. The lowest BCUT2D eigenvalue weighted by Crippen LogP contribution is -2.40. The Kier molecular flexibility index (Phi) is 9.25. The van der Waals surface area contributed by atoms with E-state index < -0.39 is 22.5 Å². The highest BCUT2D eigenvalue weighted by atomic mass is 35.5. The van der Waals surface area contributed by atoms with E-state index in [0.717, 1.165) is 9.87 Å². The Morgan fingerprint density at radius 1 is 1.00 bits per heavy atom. The number of hydrogen-bond acceptors (Lipinski definition) is 6. The fraction of sp³-hybridized carbons (Fsp3) is 0.200. The minimum absolute atomic E-state index is 0.0153. The van der Waals surface area contributed by atoms with E-state index in [1.165, 1.54) is 38.6 Å². The van der Waals surface area contributed by atoms with Gasteiger partial charge in [0, 0.05) is 17.6 Å². The van der Waals surface area contributed by atoms with Crippen molar-refractivity contribution in [2.75, 3.05) is 27.3 Å². The molecule has 0 aliphatic heterocycles. The number of sulfonamides is 1. The molecule has 10 heteroatoms. The molecule has 0 radical (unpaired) electrons. The SMILES string of the molecule is COc1ccc(S(=O)(=O)N(CCc2ccccc2)CC(=O)N/N=C\c2cccc(Cl)c2)cc1OC. The Bertz CT molecular complexity index is 1280. The number of nitrogens with one attached hydrogen (secondary N) is 1. The van der Waals surface area contributed by atoms with Gasteiger partial charge in [-0.3, -0.25) is 4.79 Å². The summed E-state index contributed by atoms with van der Waals surface area (Å²) in [5, 5.41) is 4.45. The zero-order valence-corrected chi connectivity index (χ0v) is 20.9. The average Bonchev–Trinajstić information content (AvgIpc) is 2.86. The molecule has 0 aliphatic rings. The second-order valence-electron chi connectivity index (χ2n) is 7.44. The molecule has 1 N–H and O–H groups in total. The number of carbonyl (C=O) groups is 1. The molecule has 0 spiro atoms. The Balaban J connectivity index is 1.80. The number of nitrogens with zero attached hydrogens (tertiary/aromatic N) is 2. The first-order valence-corrected chi connectivity index (χ1v) is 12.5. The van der Waals surface area contributed by atoms with Crippen molar-refractivity contribution < 1.29 is 22.7 Å². The molecule has 1 amide bonds. The summed E-state index contributed by atoms with van der Waals surface area (Å²) in [4.78, 5) is 12.6. The smallest absolute Gasteiger partial charge is 0.255 e. The van der Waals surface area contributed by atoms with Crippen LogP contribution in [0.15, 0.2) is 82.8 Å². The van der Waals surface area contributed by atoms with Crippen LogP contribution in [0.1, 0.15) is 11.1 Å². The maximum absolute atomic E-state index is 13.5. The summed E-state index contributed by atoms with van der Waals surface area (Å²) in [7, 11) is -1.15. The Morgan fingerprint density at radius 3 is 2.43 bits per heavy atom. The van der Waals surface area contributed by atoms with Crippen LogP contribution in [0.4, 0.5) is 0 Å². The van der Waals surface area contributed by atoms with Crippen molar-refractivity contribution in [1.29, 1.82) is 0 Å². The van der Waals surface area contributed by atoms with Crippen LogP contribution in [-0.4, -0.2) is 52.2 Å². The lowest BCUT2D eigenvalue weighted by molar-refractivity contribution is -0.121. The largest absolute Gasteiger partial charge is 0.493 e. The lowest BCUT2D eigenvalue weighted by atomic mass is 10.1. The highest BCUT2D eigenvalue weighted by Crippen LogP contribution is 2.30. The van der Waals surface area contributed by atoms with Crippen molar-refractivity contribution in [3.8, 4) is 11.5 Å². The van der Waals surface area contributed by atoms with Crippen molar-refractivity contribution in [3.05, 3.63) is 88.9 Å². The molecular weight excluding hydrogens is 490 g/mol. The molecule has 0 saturated heterocycles. The van der Waals surface area contributed by atoms with Crippen LogP contribution in [0.3, 0.4) is 0 Å². The first-order chi connectivity index (χ1) is 16.8. The van der Waals surface area contributed by atoms with Gasteiger partial charge in [0.15, 0.2) is 11.5 Å². The van der Waals surface area contributed by atoms with Crippen LogP contribution in [0.25, 0.3) is 0 Å². The molecule has 0 bridgehead atoms. The second-order valence-corrected chi connectivity index (χ2v) is 9.81. The van der Waals surface area contributed by atoms with Gasteiger partial charge in [-0.1, -0.05) is 54.1 Å². The summed E-state index contributed by atoms with van der Waals surface area (Å²) in [6, 6.07) is 20.7. The van der Waals surface area contributed by atoms with Crippen molar-refractivity contribution in [2.24, 2.45) is 5.10 Å². The number of benzene rings is 3. The standard InChI is InChI=1S/C25H26ClN3O5S/c1-33-23-12-11-22(16-24(23)34-2)35(31,32)29(14-13-19-7-4-3-5-8-19)18-25(30)28-27-17-20-9-6-10-21(26)15-20/h3-12,15-17H,13-14,18H2,1-2H3,(H,28,30)/b27-17-. The van der Waals surface area contributed by atoms with E-state index in [1.54, 1.807) is 24.3 Å².